The van der Waals surface area contributed by atoms with Crippen molar-refractivity contribution in [2.24, 2.45) is 5.92 Å². The van der Waals surface area contributed by atoms with Crippen molar-refractivity contribution >= 4 is 29.1 Å². The van der Waals surface area contributed by atoms with Gasteiger partial charge in [0.2, 0.25) is 0 Å². The maximum Gasteiger partial charge on any atom is 0.253 e. The summed E-state index contributed by atoms with van der Waals surface area (Å²) in [5, 5.41) is 0.0352. The van der Waals surface area contributed by atoms with Gasteiger partial charge in [0.25, 0.3) is 5.91 Å². The lowest BCUT2D eigenvalue weighted by Gasteiger charge is -2.16. The summed E-state index contributed by atoms with van der Waals surface area (Å²) in [5.41, 5.74) is 0.350. The molecule has 0 bridgehead atoms. The molecule has 1 aliphatic heterocycles. The third kappa shape index (κ3) is 2.96. The van der Waals surface area contributed by atoms with E-state index in [1.54, 1.807) is 11.0 Å². The summed E-state index contributed by atoms with van der Waals surface area (Å²) in [6.07, 6.45) is 1.88. The van der Waals surface area contributed by atoms with Crippen LogP contribution in [-0.4, -0.2) is 29.8 Å². The van der Waals surface area contributed by atoms with Gasteiger partial charge in [-0.3, -0.25) is 4.79 Å². The van der Waals surface area contributed by atoms with Crippen LogP contribution in [-0.2, 0) is 0 Å². The molecule has 98 valence electrons. The molecule has 0 spiro atoms. The van der Waals surface area contributed by atoms with Gasteiger partial charge < -0.3 is 4.90 Å². The Labute approximate surface area is 116 Å². The Morgan fingerprint density at radius 1 is 1.50 bits per heavy atom. The number of carbonyl (C=O) groups is 1. The number of rotatable bonds is 3. The first kappa shape index (κ1) is 13.6. The first-order valence-electron chi connectivity index (χ1n) is 5.92. The van der Waals surface area contributed by atoms with Crippen LogP contribution in [0.2, 0.25) is 5.02 Å². The number of nitrogens with zero attached hydrogens (tertiary/aromatic N) is 1. The van der Waals surface area contributed by atoms with Gasteiger partial charge in [0.1, 0.15) is 5.82 Å². The topological polar surface area (TPSA) is 20.3 Å². The van der Waals surface area contributed by atoms with E-state index >= 15 is 0 Å². The molecule has 0 saturated carbocycles. The lowest BCUT2D eigenvalue weighted by Crippen LogP contribution is -2.28. The number of likely N-dealkylation sites (tertiary alicyclic amines) is 1. The smallest absolute Gasteiger partial charge is 0.253 e. The Balaban J connectivity index is 2.05. The van der Waals surface area contributed by atoms with Gasteiger partial charge in [0, 0.05) is 24.5 Å². The average molecular weight is 290 g/mol. The molecule has 0 aromatic heterocycles. The minimum atomic E-state index is -0.556. The van der Waals surface area contributed by atoms with Gasteiger partial charge in [-0.15, -0.1) is 11.6 Å². The van der Waals surface area contributed by atoms with Gasteiger partial charge in [0.05, 0.1) is 5.02 Å². The zero-order valence-corrected chi connectivity index (χ0v) is 11.3. The standard InChI is InChI=1S/C13H14Cl2FNO/c14-5-3-9-4-6-17(8-9)13(18)10-1-2-11(15)12(16)7-10/h1-2,7,9H,3-6,8H2. The van der Waals surface area contributed by atoms with E-state index in [1.165, 1.54) is 12.1 Å². The average Bonchev–Trinajstić information content (AvgIpc) is 2.81. The molecule has 2 rings (SSSR count). The maximum atomic E-state index is 13.3. The van der Waals surface area contributed by atoms with E-state index in [1.807, 2.05) is 0 Å². The minimum Gasteiger partial charge on any atom is -0.338 e. The molecule has 0 N–H and O–H groups in total. The summed E-state index contributed by atoms with van der Waals surface area (Å²) in [4.78, 5) is 13.9. The van der Waals surface area contributed by atoms with Crippen molar-refractivity contribution in [3.8, 4) is 0 Å². The predicted octanol–water partition coefficient (Wildman–Crippen LogP) is 3.57. The summed E-state index contributed by atoms with van der Waals surface area (Å²) in [5.74, 6) is 0.382. The maximum absolute atomic E-state index is 13.3. The van der Waals surface area contributed by atoms with Crippen LogP contribution in [0.25, 0.3) is 0 Å². The van der Waals surface area contributed by atoms with E-state index in [9.17, 15) is 9.18 Å². The van der Waals surface area contributed by atoms with E-state index in [4.69, 9.17) is 23.2 Å². The number of carbonyl (C=O) groups excluding carboxylic acids is 1. The molecule has 1 fully saturated rings. The van der Waals surface area contributed by atoms with Crippen molar-refractivity contribution in [3.63, 3.8) is 0 Å². The van der Waals surface area contributed by atoms with Gasteiger partial charge in [0.15, 0.2) is 0 Å². The first-order chi connectivity index (χ1) is 8.61. The number of amides is 1. The molecule has 5 heteroatoms. The minimum absolute atomic E-state index is 0.0352. The number of alkyl halides is 1. The summed E-state index contributed by atoms with van der Waals surface area (Å²) in [6.45, 7) is 1.42. The second-order valence-corrected chi connectivity index (χ2v) is 5.30. The Morgan fingerprint density at radius 2 is 2.28 bits per heavy atom. The van der Waals surface area contributed by atoms with Crippen molar-refractivity contribution in [3.05, 3.63) is 34.6 Å². The normalized spacial score (nSPS) is 19.3. The van der Waals surface area contributed by atoms with Gasteiger partial charge >= 0.3 is 0 Å². The fourth-order valence-corrected chi connectivity index (χ4v) is 2.64. The van der Waals surface area contributed by atoms with Gasteiger partial charge in [-0.2, -0.15) is 0 Å². The van der Waals surface area contributed by atoms with Crippen molar-refractivity contribution < 1.29 is 9.18 Å². The lowest BCUT2D eigenvalue weighted by atomic mass is 10.1. The Bertz CT molecular complexity index is 453. The Kier molecular flexibility index (Phi) is 4.46. The molecule has 1 heterocycles. The zero-order valence-electron chi connectivity index (χ0n) is 9.83. The Hall–Kier alpha value is -0.800. The molecule has 1 aromatic rings. The van der Waals surface area contributed by atoms with Crippen molar-refractivity contribution in [2.45, 2.75) is 12.8 Å². The fraction of sp³-hybridized carbons (Fsp3) is 0.462. The quantitative estimate of drug-likeness (QED) is 0.779. The molecular weight excluding hydrogens is 276 g/mol. The highest BCUT2D eigenvalue weighted by molar-refractivity contribution is 6.30. The Morgan fingerprint density at radius 3 is 2.94 bits per heavy atom. The summed E-state index contributed by atoms with van der Waals surface area (Å²) >= 11 is 11.3. The van der Waals surface area contributed by atoms with E-state index in [-0.39, 0.29) is 10.9 Å². The summed E-state index contributed by atoms with van der Waals surface area (Å²) < 4.78 is 13.3. The zero-order chi connectivity index (χ0) is 13.1. The summed E-state index contributed by atoms with van der Waals surface area (Å²) in [6, 6.07) is 4.17. The molecule has 1 amide bonds. The highest BCUT2D eigenvalue weighted by Gasteiger charge is 2.26. The van der Waals surface area contributed by atoms with Crippen LogP contribution in [0, 0.1) is 11.7 Å². The van der Waals surface area contributed by atoms with Gasteiger partial charge in [-0.1, -0.05) is 11.6 Å². The molecule has 1 aromatic carbocycles. The van der Waals surface area contributed by atoms with E-state index in [0.29, 0.717) is 30.5 Å². The van der Waals surface area contributed by atoms with E-state index in [2.05, 4.69) is 0 Å². The molecular formula is C13H14Cl2FNO. The molecule has 2 nitrogen and oxygen atoms in total. The molecule has 0 radical (unpaired) electrons. The molecule has 1 unspecified atom stereocenters. The van der Waals surface area contributed by atoms with Crippen LogP contribution in [0.15, 0.2) is 18.2 Å². The largest absolute Gasteiger partial charge is 0.338 e. The fourth-order valence-electron chi connectivity index (χ4n) is 2.22. The highest BCUT2D eigenvalue weighted by atomic mass is 35.5. The van der Waals surface area contributed by atoms with E-state index < -0.39 is 5.82 Å². The van der Waals surface area contributed by atoms with Crippen LogP contribution >= 0.6 is 23.2 Å². The molecule has 1 atom stereocenters. The third-order valence-corrected chi connectivity index (χ3v) is 3.78. The lowest BCUT2D eigenvalue weighted by molar-refractivity contribution is 0.0786. The number of hydrogen-bond acceptors (Lipinski definition) is 1. The third-order valence-electron chi connectivity index (χ3n) is 3.26. The van der Waals surface area contributed by atoms with Gasteiger partial charge in [-0.05, 0) is 37.0 Å². The highest BCUT2D eigenvalue weighted by Crippen LogP contribution is 2.23. The monoisotopic (exact) mass is 289 g/mol. The van der Waals surface area contributed by atoms with Gasteiger partial charge in [-0.25, -0.2) is 4.39 Å². The van der Waals surface area contributed by atoms with E-state index in [0.717, 1.165) is 12.8 Å². The summed E-state index contributed by atoms with van der Waals surface area (Å²) in [7, 11) is 0. The number of halogens is 3. The van der Waals surface area contributed by atoms with Crippen molar-refractivity contribution in [2.75, 3.05) is 19.0 Å². The first-order valence-corrected chi connectivity index (χ1v) is 6.83. The molecule has 1 saturated heterocycles. The van der Waals surface area contributed by atoms with Crippen LogP contribution in [0.4, 0.5) is 4.39 Å². The molecule has 0 aliphatic carbocycles. The van der Waals surface area contributed by atoms with Crippen LogP contribution < -0.4 is 0 Å². The predicted molar refractivity (Wildman–Crippen MR) is 70.8 cm³/mol. The second kappa shape index (κ2) is 5.89. The van der Waals surface area contributed by atoms with Crippen molar-refractivity contribution in [1.29, 1.82) is 0 Å². The van der Waals surface area contributed by atoms with Crippen LogP contribution in [0.1, 0.15) is 23.2 Å². The SMILES string of the molecule is O=C(c1ccc(Cl)c(F)c1)N1CCC(CCCl)C1. The van der Waals surface area contributed by atoms with Crippen LogP contribution in [0.3, 0.4) is 0 Å². The molecule has 1 aliphatic rings. The number of hydrogen-bond donors (Lipinski definition) is 0. The molecule has 18 heavy (non-hydrogen) atoms. The van der Waals surface area contributed by atoms with Crippen LogP contribution in [0.5, 0.6) is 0 Å². The van der Waals surface area contributed by atoms with Crippen molar-refractivity contribution in [1.82, 2.24) is 4.90 Å². The second-order valence-electron chi connectivity index (χ2n) is 4.51. The number of benzene rings is 1.